The Morgan fingerprint density at radius 3 is 2.66 bits per heavy atom. The number of primary amides is 1. The van der Waals surface area contributed by atoms with Crippen LogP contribution in [0.5, 0.6) is 0 Å². The average molecular weight is 503 g/mol. The summed E-state index contributed by atoms with van der Waals surface area (Å²) in [6, 6.07) is 10.9. The number of amides is 2. The molecule has 3 rings (SSSR count). The van der Waals surface area contributed by atoms with E-state index in [4.69, 9.17) is 17.3 Å². The van der Waals surface area contributed by atoms with Crippen molar-refractivity contribution in [1.82, 2.24) is 14.8 Å². The number of nitrogens with zero attached hydrogens (tertiary/aromatic N) is 2. The first kappa shape index (κ1) is 26.7. The summed E-state index contributed by atoms with van der Waals surface area (Å²) in [5, 5.41) is 13.6. The second kappa shape index (κ2) is 12.2. The molecule has 0 aliphatic heterocycles. The van der Waals surface area contributed by atoms with E-state index in [0.29, 0.717) is 30.6 Å². The van der Waals surface area contributed by atoms with Crippen LogP contribution in [-0.4, -0.2) is 52.3 Å². The Hall–Kier alpha value is -2.94. The number of aromatic nitrogens is 1. The van der Waals surface area contributed by atoms with E-state index in [-0.39, 0.29) is 30.0 Å². The lowest BCUT2D eigenvalue weighted by molar-refractivity contribution is -0.132. The van der Waals surface area contributed by atoms with Gasteiger partial charge in [0.25, 0.3) is 0 Å². The summed E-state index contributed by atoms with van der Waals surface area (Å²) < 4.78 is 15.9. The second-order valence-electron chi connectivity index (χ2n) is 8.61. The van der Waals surface area contributed by atoms with Gasteiger partial charge >= 0.3 is 6.03 Å². The van der Waals surface area contributed by atoms with Gasteiger partial charge in [-0.25, -0.2) is 9.18 Å². The third-order valence-electron chi connectivity index (χ3n) is 6.12. The van der Waals surface area contributed by atoms with Gasteiger partial charge in [0.15, 0.2) is 0 Å². The average Bonchev–Trinajstić information content (AvgIpc) is 3.20. The van der Waals surface area contributed by atoms with Crippen molar-refractivity contribution in [3.05, 3.63) is 70.6 Å². The third-order valence-corrected chi connectivity index (χ3v) is 6.42. The Morgan fingerprint density at radius 2 is 1.97 bits per heavy atom. The molecule has 0 fully saturated rings. The van der Waals surface area contributed by atoms with Crippen LogP contribution in [0.4, 0.5) is 9.18 Å². The quantitative estimate of drug-likeness (QED) is 0.365. The largest absolute Gasteiger partial charge is 0.396 e. The molecule has 3 aromatic rings. The lowest BCUT2D eigenvalue weighted by Crippen LogP contribution is -2.46. The number of aliphatic hydroxyl groups is 1. The summed E-state index contributed by atoms with van der Waals surface area (Å²) in [7, 11) is 0. The second-order valence-corrected chi connectivity index (χ2v) is 9.02. The van der Waals surface area contributed by atoms with Gasteiger partial charge < -0.3 is 21.1 Å². The Balaban J connectivity index is 1.76. The summed E-state index contributed by atoms with van der Waals surface area (Å²) >= 11 is 5.94. The molecule has 1 aromatic heterocycles. The van der Waals surface area contributed by atoms with E-state index in [1.165, 1.54) is 10.6 Å². The van der Waals surface area contributed by atoms with Gasteiger partial charge in [0.2, 0.25) is 5.91 Å². The minimum Gasteiger partial charge on any atom is -0.396 e. The number of fused-ring (bicyclic) bond motifs is 1. The van der Waals surface area contributed by atoms with Gasteiger partial charge in [0.1, 0.15) is 5.82 Å². The molecule has 4 N–H and O–H groups in total. The van der Waals surface area contributed by atoms with E-state index in [1.54, 1.807) is 29.3 Å². The lowest BCUT2D eigenvalue weighted by Gasteiger charge is -2.31. The van der Waals surface area contributed by atoms with Crippen molar-refractivity contribution in [1.29, 1.82) is 0 Å². The number of nitrogens with two attached hydrogens (primary N) is 1. The van der Waals surface area contributed by atoms with Gasteiger partial charge in [-0.3, -0.25) is 9.36 Å². The van der Waals surface area contributed by atoms with Crippen LogP contribution in [0.3, 0.4) is 0 Å². The lowest BCUT2D eigenvalue weighted by atomic mass is 10.0. The number of benzene rings is 2. The van der Waals surface area contributed by atoms with Crippen LogP contribution >= 0.6 is 11.6 Å². The SMILES string of the molecule is CCCN(C(=O)Cc1cn(C(N)=O)c2ccccc12)C(C)CNC(CCO)c1cccc(Cl)c1F. The number of hydrogen-bond donors (Lipinski definition) is 3. The summed E-state index contributed by atoms with van der Waals surface area (Å²) in [5.41, 5.74) is 7.28. The maximum absolute atomic E-state index is 14.6. The fraction of sp³-hybridized carbons (Fsp3) is 0.385. The smallest absolute Gasteiger partial charge is 0.323 e. The van der Waals surface area contributed by atoms with Gasteiger partial charge in [-0.2, -0.15) is 0 Å². The summed E-state index contributed by atoms with van der Waals surface area (Å²) in [4.78, 5) is 27.0. The van der Waals surface area contributed by atoms with Crippen molar-refractivity contribution in [2.24, 2.45) is 5.73 Å². The number of rotatable bonds is 11. The molecule has 2 atom stereocenters. The van der Waals surface area contributed by atoms with Gasteiger partial charge in [-0.1, -0.05) is 48.9 Å². The summed E-state index contributed by atoms with van der Waals surface area (Å²) in [6.45, 7) is 4.74. The highest BCUT2D eigenvalue weighted by Gasteiger charge is 2.24. The minimum absolute atomic E-state index is 0.0261. The molecule has 0 saturated carbocycles. The van der Waals surface area contributed by atoms with Gasteiger partial charge in [-0.05, 0) is 37.5 Å². The van der Waals surface area contributed by atoms with E-state index in [0.717, 1.165) is 17.4 Å². The van der Waals surface area contributed by atoms with Gasteiger partial charge in [-0.15, -0.1) is 0 Å². The van der Waals surface area contributed by atoms with E-state index >= 15 is 0 Å². The number of hydrogen-bond acceptors (Lipinski definition) is 4. The molecule has 2 amide bonds. The van der Waals surface area contributed by atoms with Gasteiger partial charge in [0.05, 0.1) is 17.0 Å². The zero-order valence-electron chi connectivity index (χ0n) is 20.0. The number of halogens is 2. The zero-order chi connectivity index (χ0) is 25.5. The van der Waals surface area contributed by atoms with Crippen LogP contribution in [0.25, 0.3) is 10.9 Å². The van der Waals surface area contributed by atoms with Crippen LogP contribution in [0.2, 0.25) is 5.02 Å². The highest BCUT2D eigenvalue weighted by atomic mass is 35.5. The highest BCUT2D eigenvalue weighted by molar-refractivity contribution is 6.30. The van der Waals surface area contributed by atoms with Crippen LogP contribution in [-0.2, 0) is 11.2 Å². The molecule has 188 valence electrons. The number of carbonyl (C=O) groups is 2. The van der Waals surface area contributed by atoms with Gasteiger partial charge in [0, 0.05) is 48.9 Å². The molecule has 35 heavy (non-hydrogen) atoms. The molecule has 0 radical (unpaired) electrons. The minimum atomic E-state index is -0.606. The van der Waals surface area contributed by atoms with E-state index in [9.17, 15) is 19.1 Å². The predicted molar refractivity (Wildman–Crippen MR) is 136 cm³/mol. The first-order valence-electron chi connectivity index (χ1n) is 11.7. The fourth-order valence-corrected chi connectivity index (χ4v) is 4.56. The zero-order valence-corrected chi connectivity index (χ0v) is 20.8. The molecule has 9 heteroatoms. The first-order valence-corrected chi connectivity index (χ1v) is 12.1. The van der Waals surface area contributed by atoms with Crippen molar-refractivity contribution in [3.63, 3.8) is 0 Å². The molecular formula is C26H32ClFN4O3. The molecule has 0 aliphatic carbocycles. The van der Waals surface area contributed by atoms with E-state index in [1.807, 2.05) is 32.0 Å². The molecule has 1 heterocycles. The Labute approximate surface area is 209 Å². The molecule has 7 nitrogen and oxygen atoms in total. The van der Waals surface area contributed by atoms with Crippen LogP contribution in [0, 0.1) is 5.82 Å². The van der Waals surface area contributed by atoms with Crippen molar-refractivity contribution in [2.45, 2.75) is 45.2 Å². The van der Waals surface area contributed by atoms with Crippen LogP contribution in [0.1, 0.15) is 43.9 Å². The molecule has 2 unspecified atom stereocenters. The maximum Gasteiger partial charge on any atom is 0.323 e. The third kappa shape index (κ3) is 6.20. The monoisotopic (exact) mass is 502 g/mol. The molecule has 0 saturated heterocycles. The number of carbonyl (C=O) groups excluding carboxylic acids is 2. The topological polar surface area (TPSA) is 101 Å². The molecule has 2 aromatic carbocycles. The molecule has 0 spiro atoms. The number of nitrogens with one attached hydrogen (secondary N) is 1. The van der Waals surface area contributed by atoms with Crippen molar-refractivity contribution < 1.29 is 19.1 Å². The number of para-hydroxylation sites is 1. The standard InChI is InChI=1S/C26H32ClFN4O3/c1-3-12-31(17(2)15-30-22(11-13-33)20-8-6-9-21(27)25(20)28)24(34)14-18-16-32(26(29)35)23-10-5-4-7-19(18)23/h4-10,16-17,22,30,33H,3,11-15H2,1-2H3,(H2,29,35). The predicted octanol–water partition coefficient (Wildman–Crippen LogP) is 4.24. The normalized spacial score (nSPS) is 13.1. The summed E-state index contributed by atoms with van der Waals surface area (Å²) in [5.74, 6) is -0.596. The van der Waals surface area contributed by atoms with Crippen molar-refractivity contribution in [2.75, 3.05) is 19.7 Å². The highest BCUT2D eigenvalue weighted by Crippen LogP contribution is 2.26. The Bertz CT molecular complexity index is 1180. The number of aliphatic hydroxyl groups excluding tert-OH is 1. The molecule has 0 bridgehead atoms. The first-order chi connectivity index (χ1) is 16.8. The van der Waals surface area contributed by atoms with Crippen LogP contribution < -0.4 is 11.1 Å². The Kier molecular flexibility index (Phi) is 9.26. The molecule has 0 aliphatic rings. The summed E-state index contributed by atoms with van der Waals surface area (Å²) in [6.07, 6.45) is 2.81. The van der Waals surface area contributed by atoms with Crippen LogP contribution in [0.15, 0.2) is 48.7 Å². The molecular weight excluding hydrogens is 471 g/mol. The van der Waals surface area contributed by atoms with Crippen molar-refractivity contribution in [3.8, 4) is 0 Å². The van der Waals surface area contributed by atoms with Crippen molar-refractivity contribution >= 4 is 34.4 Å². The fourth-order valence-electron chi connectivity index (χ4n) is 4.38. The van der Waals surface area contributed by atoms with E-state index < -0.39 is 17.9 Å². The maximum atomic E-state index is 14.6. The van der Waals surface area contributed by atoms with E-state index in [2.05, 4.69) is 5.32 Å². The Morgan fingerprint density at radius 1 is 1.23 bits per heavy atom.